The van der Waals surface area contributed by atoms with Crippen molar-refractivity contribution < 1.29 is 9.26 Å². The van der Waals surface area contributed by atoms with Crippen molar-refractivity contribution in [3.8, 4) is 28.5 Å². The molecule has 29 heavy (non-hydrogen) atoms. The van der Waals surface area contributed by atoms with Gasteiger partial charge >= 0.3 is 0 Å². The Morgan fingerprint density at radius 2 is 1.79 bits per heavy atom. The maximum absolute atomic E-state index is 5.43. The number of benzene rings is 2. The van der Waals surface area contributed by atoms with Crippen LogP contribution in [0.25, 0.3) is 22.8 Å². The van der Waals surface area contributed by atoms with Crippen LogP contribution in [0.2, 0.25) is 0 Å². The molecule has 0 bridgehead atoms. The first-order chi connectivity index (χ1) is 14.2. The van der Waals surface area contributed by atoms with Crippen LogP contribution in [-0.2, 0) is 12.3 Å². The number of hydrogen-bond acceptors (Lipinski definition) is 7. The fourth-order valence-corrected chi connectivity index (χ4v) is 3.92. The largest absolute Gasteiger partial charge is 0.496 e. The normalized spacial score (nSPS) is 11.0. The van der Waals surface area contributed by atoms with Crippen LogP contribution in [-0.4, -0.2) is 32.0 Å². The fourth-order valence-electron chi connectivity index (χ4n) is 3.08. The van der Waals surface area contributed by atoms with Crippen LogP contribution in [0.3, 0.4) is 0 Å². The third-order valence-electron chi connectivity index (χ3n) is 4.56. The molecule has 0 N–H and O–H groups in total. The molecule has 4 aromatic rings. The molecule has 2 heterocycles. The monoisotopic (exact) mass is 407 g/mol. The minimum atomic E-state index is 0.508. The van der Waals surface area contributed by atoms with Gasteiger partial charge in [0.15, 0.2) is 11.0 Å². The van der Waals surface area contributed by atoms with Gasteiger partial charge in [0.05, 0.1) is 18.4 Å². The molecule has 148 valence electrons. The molecule has 0 aliphatic carbocycles. The summed E-state index contributed by atoms with van der Waals surface area (Å²) in [5.41, 5.74) is 3.06. The molecule has 0 aliphatic heterocycles. The summed E-state index contributed by atoms with van der Waals surface area (Å²) in [5, 5.41) is 13.7. The number of methoxy groups -OCH3 is 1. The molecule has 0 atom stereocenters. The Kier molecular flexibility index (Phi) is 5.62. The fraction of sp³-hybridized carbons (Fsp3) is 0.238. The lowest BCUT2D eigenvalue weighted by molar-refractivity contribution is 0.390. The number of rotatable bonds is 7. The van der Waals surface area contributed by atoms with Gasteiger partial charge in [-0.05, 0) is 31.5 Å². The van der Waals surface area contributed by atoms with Crippen LogP contribution in [0.4, 0.5) is 0 Å². The number of aromatic nitrogens is 5. The molecule has 0 aliphatic rings. The van der Waals surface area contributed by atoms with Crippen molar-refractivity contribution >= 4 is 11.8 Å². The summed E-state index contributed by atoms with van der Waals surface area (Å²) in [4.78, 5) is 4.50. The number of para-hydroxylation sites is 1. The van der Waals surface area contributed by atoms with Crippen LogP contribution >= 0.6 is 11.8 Å². The van der Waals surface area contributed by atoms with Crippen LogP contribution in [0.15, 0.2) is 58.2 Å². The van der Waals surface area contributed by atoms with Crippen LogP contribution in [0, 0.1) is 6.92 Å². The average Bonchev–Trinajstić information content (AvgIpc) is 3.39. The summed E-state index contributed by atoms with van der Waals surface area (Å²) in [5.74, 6) is 3.12. The number of hydrogen-bond donors (Lipinski definition) is 0. The minimum Gasteiger partial charge on any atom is -0.496 e. The molecule has 2 aromatic heterocycles. The maximum atomic E-state index is 5.43. The molecule has 4 rings (SSSR count). The van der Waals surface area contributed by atoms with Gasteiger partial charge in [0, 0.05) is 12.1 Å². The highest BCUT2D eigenvalue weighted by Gasteiger charge is 2.17. The first-order valence-electron chi connectivity index (χ1n) is 9.29. The van der Waals surface area contributed by atoms with Gasteiger partial charge in [0.1, 0.15) is 5.75 Å². The van der Waals surface area contributed by atoms with Gasteiger partial charge in [-0.1, -0.05) is 53.3 Å². The van der Waals surface area contributed by atoms with E-state index in [1.54, 1.807) is 7.11 Å². The highest BCUT2D eigenvalue weighted by molar-refractivity contribution is 7.98. The highest BCUT2D eigenvalue weighted by atomic mass is 32.2. The van der Waals surface area contributed by atoms with Gasteiger partial charge < -0.3 is 13.8 Å². The van der Waals surface area contributed by atoms with E-state index in [1.807, 2.05) is 36.4 Å². The van der Waals surface area contributed by atoms with Gasteiger partial charge in [-0.2, -0.15) is 4.98 Å². The molecular formula is C21H21N5O2S. The standard InChI is InChI=1S/C21H21N5O2S/c1-4-26-20(15-10-6-5-9-14(15)2)23-24-21(26)29-13-18-22-19(25-28-18)16-11-7-8-12-17(16)27-3/h5-12H,4,13H2,1-3H3. The van der Waals surface area contributed by atoms with Crippen molar-refractivity contribution in [2.45, 2.75) is 31.3 Å². The van der Waals surface area contributed by atoms with Gasteiger partial charge in [0.2, 0.25) is 11.7 Å². The zero-order chi connectivity index (χ0) is 20.2. The SMILES string of the molecule is CCn1c(SCc2nc(-c3ccccc3OC)no2)nnc1-c1ccccc1C. The highest BCUT2D eigenvalue weighted by Crippen LogP contribution is 2.30. The van der Waals surface area contributed by atoms with Gasteiger partial charge in [-0.3, -0.25) is 0 Å². The van der Waals surface area contributed by atoms with Gasteiger partial charge in [-0.25, -0.2) is 0 Å². The summed E-state index contributed by atoms with van der Waals surface area (Å²) < 4.78 is 12.9. The molecule has 0 saturated carbocycles. The predicted molar refractivity (Wildman–Crippen MR) is 112 cm³/mol. The summed E-state index contributed by atoms with van der Waals surface area (Å²) in [7, 11) is 1.62. The van der Waals surface area contributed by atoms with Crippen molar-refractivity contribution in [3.63, 3.8) is 0 Å². The van der Waals surface area contributed by atoms with Gasteiger partial charge in [-0.15, -0.1) is 10.2 Å². The van der Waals surface area contributed by atoms with Crippen molar-refractivity contribution in [3.05, 3.63) is 60.0 Å². The number of aryl methyl sites for hydroxylation is 1. The first-order valence-corrected chi connectivity index (χ1v) is 10.3. The zero-order valence-corrected chi connectivity index (χ0v) is 17.3. The molecule has 0 saturated heterocycles. The number of ether oxygens (including phenoxy) is 1. The van der Waals surface area contributed by atoms with Crippen molar-refractivity contribution in [2.75, 3.05) is 7.11 Å². The van der Waals surface area contributed by atoms with E-state index < -0.39 is 0 Å². The Balaban J connectivity index is 1.53. The molecule has 0 spiro atoms. The molecule has 2 aromatic carbocycles. The van der Waals surface area contributed by atoms with E-state index in [0.29, 0.717) is 23.2 Å². The van der Waals surface area contributed by atoms with Gasteiger partial charge in [0.25, 0.3) is 0 Å². The molecular weight excluding hydrogens is 386 g/mol. The molecule has 0 radical (unpaired) electrons. The third-order valence-corrected chi connectivity index (χ3v) is 5.51. The lowest BCUT2D eigenvalue weighted by atomic mass is 10.1. The molecule has 0 unspecified atom stereocenters. The second-order valence-electron chi connectivity index (χ2n) is 6.37. The Labute approximate surface area is 173 Å². The third kappa shape index (κ3) is 3.88. The smallest absolute Gasteiger partial charge is 0.237 e. The zero-order valence-electron chi connectivity index (χ0n) is 16.5. The number of thioether (sulfide) groups is 1. The summed E-state index contributed by atoms with van der Waals surface area (Å²) in [6.45, 7) is 4.94. The maximum Gasteiger partial charge on any atom is 0.237 e. The van der Waals surface area contributed by atoms with Crippen molar-refractivity contribution in [1.29, 1.82) is 0 Å². The molecule has 8 heteroatoms. The van der Waals surface area contributed by atoms with Crippen LogP contribution in [0.5, 0.6) is 5.75 Å². The predicted octanol–water partition coefficient (Wildman–Crippen LogP) is 4.62. The Hall–Kier alpha value is -3.13. The quantitative estimate of drug-likeness (QED) is 0.413. The minimum absolute atomic E-state index is 0.508. The lowest BCUT2D eigenvalue weighted by Gasteiger charge is -2.08. The van der Waals surface area contributed by atoms with E-state index in [0.717, 1.165) is 28.7 Å². The van der Waals surface area contributed by atoms with E-state index in [2.05, 4.69) is 50.9 Å². The van der Waals surface area contributed by atoms with Crippen molar-refractivity contribution in [1.82, 2.24) is 24.9 Å². The summed E-state index contributed by atoms with van der Waals surface area (Å²) in [6.07, 6.45) is 0. The van der Waals surface area contributed by atoms with Crippen molar-refractivity contribution in [2.24, 2.45) is 0 Å². The Morgan fingerprint density at radius 3 is 2.55 bits per heavy atom. The number of nitrogens with zero attached hydrogens (tertiary/aromatic N) is 5. The molecule has 0 fully saturated rings. The second kappa shape index (κ2) is 8.48. The summed E-state index contributed by atoms with van der Waals surface area (Å²) >= 11 is 1.53. The van der Waals surface area contributed by atoms with Crippen LogP contribution in [0.1, 0.15) is 18.4 Å². The molecule has 7 nitrogen and oxygen atoms in total. The first kappa shape index (κ1) is 19.2. The Bertz CT molecular complexity index is 1120. The molecule has 0 amide bonds. The van der Waals surface area contributed by atoms with E-state index in [9.17, 15) is 0 Å². The Morgan fingerprint density at radius 1 is 1.03 bits per heavy atom. The average molecular weight is 407 g/mol. The van der Waals surface area contributed by atoms with E-state index in [4.69, 9.17) is 9.26 Å². The van der Waals surface area contributed by atoms with E-state index >= 15 is 0 Å². The lowest BCUT2D eigenvalue weighted by Crippen LogP contribution is -2.00. The van der Waals surface area contributed by atoms with Crippen LogP contribution < -0.4 is 4.74 Å². The second-order valence-corrected chi connectivity index (χ2v) is 7.31. The van der Waals surface area contributed by atoms with E-state index in [1.165, 1.54) is 17.3 Å². The van der Waals surface area contributed by atoms with E-state index in [-0.39, 0.29) is 0 Å². The summed E-state index contributed by atoms with van der Waals surface area (Å²) in [6, 6.07) is 15.8. The topological polar surface area (TPSA) is 78.9 Å².